The van der Waals surface area contributed by atoms with Crippen LogP contribution in [0.5, 0.6) is 0 Å². The highest BCUT2D eigenvalue weighted by Crippen LogP contribution is 2.18. The molecule has 0 unspecified atom stereocenters. The van der Waals surface area contributed by atoms with Gasteiger partial charge in [-0.2, -0.15) is 0 Å². The highest BCUT2D eigenvalue weighted by atomic mass is 16.6. The van der Waals surface area contributed by atoms with Gasteiger partial charge in [-0.25, -0.2) is 0 Å². The third-order valence-corrected chi connectivity index (χ3v) is 2.35. The van der Waals surface area contributed by atoms with Crippen molar-refractivity contribution < 1.29 is 9.72 Å². The summed E-state index contributed by atoms with van der Waals surface area (Å²) in [5.74, 6) is 2.09. The zero-order valence-corrected chi connectivity index (χ0v) is 10.3. The molecule has 1 aromatic carbocycles. The second kappa shape index (κ2) is 5.32. The third-order valence-electron chi connectivity index (χ3n) is 2.35. The summed E-state index contributed by atoms with van der Waals surface area (Å²) in [7, 11) is 0. The van der Waals surface area contributed by atoms with E-state index in [2.05, 4.69) is 11.2 Å². The van der Waals surface area contributed by atoms with E-state index in [1.54, 1.807) is 32.0 Å². The van der Waals surface area contributed by atoms with Crippen molar-refractivity contribution in [2.45, 2.75) is 25.8 Å². The van der Waals surface area contributed by atoms with Crippen LogP contribution in [-0.4, -0.2) is 16.4 Å². The molecule has 0 aliphatic rings. The van der Waals surface area contributed by atoms with E-state index in [4.69, 9.17) is 6.42 Å². The average molecular weight is 246 g/mol. The van der Waals surface area contributed by atoms with E-state index < -0.39 is 10.5 Å². The molecule has 5 heteroatoms. The van der Waals surface area contributed by atoms with Crippen LogP contribution < -0.4 is 5.32 Å². The number of benzene rings is 1. The molecule has 0 aliphatic carbocycles. The Labute approximate surface area is 105 Å². The molecular formula is C13H14N2O3. The first-order valence-corrected chi connectivity index (χ1v) is 5.37. The standard InChI is InChI=1S/C13H14N2O3/c1-4-13(2,3)14-12(16)9-10-7-5-6-8-11(10)15(17)18/h1,5-8H,9H2,2-3H3,(H,14,16). The Hall–Kier alpha value is -2.35. The smallest absolute Gasteiger partial charge is 0.273 e. The van der Waals surface area contributed by atoms with Gasteiger partial charge in [-0.05, 0) is 13.8 Å². The topological polar surface area (TPSA) is 72.2 Å². The average Bonchev–Trinajstić information content (AvgIpc) is 2.28. The zero-order chi connectivity index (χ0) is 13.8. The molecule has 0 heterocycles. The number of rotatable bonds is 4. The fraction of sp³-hybridized carbons (Fsp3) is 0.308. The van der Waals surface area contributed by atoms with Gasteiger partial charge in [-0.15, -0.1) is 6.42 Å². The summed E-state index contributed by atoms with van der Waals surface area (Å²) in [6, 6.07) is 6.14. The van der Waals surface area contributed by atoms with Gasteiger partial charge in [0.15, 0.2) is 0 Å². The first-order chi connectivity index (χ1) is 8.35. The molecule has 0 spiro atoms. The van der Waals surface area contributed by atoms with E-state index in [1.807, 2.05) is 0 Å². The maximum atomic E-state index is 11.7. The summed E-state index contributed by atoms with van der Waals surface area (Å²) in [5.41, 5.74) is -0.459. The van der Waals surface area contributed by atoms with Crippen molar-refractivity contribution in [2.24, 2.45) is 0 Å². The van der Waals surface area contributed by atoms with Gasteiger partial charge < -0.3 is 5.32 Å². The fourth-order valence-corrected chi connectivity index (χ4v) is 1.44. The van der Waals surface area contributed by atoms with Gasteiger partial charge in [0.05, 0.1) is 16.9 Å². The Kier molecular flexibility index (Phi) is 4.05. The third kappa shape index (κ3) is 3.59. The number of terminal acetylenes is 1. The first kappa shape index (κ1) is 13.7. The summed E-state index contributed by atoms with van der Waals surface area (Å²) in [6.07, 6.45) is 5.19. The van der Waals surface area contributed by atoms with Gasteiger partial charge in [-0.3, -0.25) is 14.9 Å². The molecule has 0 radical (unpaired) electrons. The normalized spacial score (nSPS) is 10.5. The summed E-state index contributed by atoms with van der Waals surface area (Å²) < 4.78 is 0. The van der Waals surface area contributed by atoms with Gasteiger partial charge in [0.1, 0.15) is 0 Å². The molecule has 94 valence electrons. The molecule has 0 aliphatic heterocycles. The molecule has 5 nitrogen and oxygen atoms in total. The SMILES string of the molecule is C#CC(C)(C)NC(=O)Cc1ccccc1[N+](=O)[O-]. The molecule has 0 fully saturated rings. The Morgan fingerprint density at radius 2 is 2.11 bits per heavy atom. The van der Waals surface area contributed by atoms with Gasteiger partial charge >= 0.3 is 0 Å². The Morgan fingerprint density at radius 1 is 1.50 bits per heavy atom. The Bertz CT molecular complexity index is 515. The van der Waals surface area contributed by atoms with Crippen LogP contribution in [-0.2, 0) is 11.2 Å². The molecule has 0 aromatic heterocycles. The zero-order valence-electron chi connectivity index (χ0n) is 10.3. The number of hydrogen-bond donors (Lipinski definition) is 1. The quantitative estimate of drug-likeness (QED) is 0.499. The first-order valence-electron chi connectivity index (χ1n) is 5.37. The van der Waals surface area contributed by atoms with E-state index in [1.165, 1.54) is 6.07 Å². The van der Waals surface area contributed by atoms with Crippen molar-refractivity contribution in [2.75, 3.05) is 0 Å². The van der Waals surface area contributed by atoms with Gasteiger partial charge in [-0.1, -0.05) is 24.1 Å². The van der Waals surface area contributed by atoms with E-state index in [9.17, 15) is 14.9 Å². The number of carbonyl (C=O) groups excluding carboxylic acids is 1. The molecule has 18 heavy (non-hydrogen) atoms. The number of amides is 1. The second-order valence-corrected chi connectivity index (χ2v) is 4.38. The molecular weight excluding hydrogens is 232 g/mol. The van der Waals surface area contributed by atoms with E-state index >= 15 is 0 Å². The Morgan fingerprint density at radius 3 is 2.67 bits per heavy atom. The van der Waals surface area contributed by atoms with E-state index in [0.29, 0.717) is 5.56 Å². The fourth-order valence-electron chi connectivity index (χ4n) is 1.44. The molecule has 1 rings (SSSR count). The number of nitrogens with one attached hydrogen (secondary N) is 1. The number of hydrogen-bond acceptors (Lipinski definition) is 3. The van der Waals surface area contributed by atoms with Crippen LogP contribution in [0.25, 0.3) is 0 Å². The molecule has 1 amide bonds. The summed E-state index contributed by atoms with van der Waals surface area (Å²) >= 11 is 0. The number of nitro benzene ring substituents is 1. The summed E-state index contributed by atoms with van der Waals surface area (Å²) in [4.78, 5) is 22.0. The lowest BCUT2D eigenvalue weighted by Gasteiger charge is -2.19. The predicted molar refractivity (Wildman–Crippen MR) is 67.9 cm³/mol. The molecule has 1 N–H and O–H groups in total. The molecule has 1 aromatic rings. The lowest BCUT2D eigenvalue weighted by atomic mass is 10.1. The number of nitro groups is 1. The minimum Gasteiger partial charge on any atom is -0.340 e. The highest BCUT2D eigenvalue weighted by molar-refractivity contribution is 5.80. The van der Waals surface area contributed by atoms with Gasteiger partial charge in [0.2, 0.25) is 5.91 Å². The second-order valence-electron chi connectivity index (χ2n) is 4.38. The van der Waals surface area contributed by atoms with Crippen LogP contribution in [0.1, 0.15) is 19.4 Å². The van der Waals surface area contributed by atoms with Crippen molar-refractivity contribution in [3.05, 3.63) is 39.9 Å². The maximum absolute atomic E-state index is 11.7. The summed E-state index contributed by atoms with van der Waals surface area (Å²) in [6.45, 7) is 3.37. The highest BCUT2D eigenvalue weighted by Gasteiger charge is 2.20. The number of carbonyl (C=O) groups is 1. The van der Waals surface area contributed by atoms with Crippen molar-refractivity contribution >= 4 is 11.6 Å². The van der Waals surface area contributed by atoms with Gasteiger partial charge in [0, 0.05) is 11.6 Å². The largest absolute Gasteiger partial charge is 0.340 e. The van der Waals surface area contributed by atoms with Crippen LogP contribution in [0.4, 0.5) is 5.69 Å². The lowest BCUT2D eigenvalue weighted by Crippen LogP contribution is -2.42. The molecule has 0 saturated carbocycles. The molecule has 0 atom stereocenters. The van der Waals surface area contributed by atoms with Crippen molar-refractivity contribution in [1.29, 1.82) is 0 Å². The van der Waals surface area contributed by atoms with Gasteiger partial charge in [0.25, 0.3) is 5.69 Å². The van der Waals surface area contributed by atoms with Crippen LogP contribution in [0.3, 0.4) is 0 Å². The van der Waals surface area contributed by atoms with Crippen LogP contribution >= 0.6 is 0 Å². The number of nitrogens with zero attached hydrogens (tertiary/aromatic N) is 1. The maximum Gasteiger partial charge on any atom is 0.273 e. The minimum atomic E-state index is -0.763. The Balaban J connectivity index is 2.84. The summed E-state index contributed by atoms with van der Waals surface area (Å²) in [5, 5.41) is 13.4. The van der Waals surface area contributed by atoms with E-state index in [0.717, 1.165) is 0 Å². The number of para-hydroxylation sites is 1. The van der Waals surface area contributed by atoms with Crippen molar-refractivity contribution in [3.63, 3.8) is 0 Å². The predicted octanol–water partition coefficient (Wildman–Crippen LogP) is 1.67. The monoisotopic (exact) mass is 246 g/mol. The van der Waals surface area contributed by atoms with Crippen LogP contribution in [0.15, 0.2) is 24.3 Å². The van der Waals surface area contributed by atoms with Crippen molar-refractivity contribution in [3.8, 4) is 12.3 Å². The van der Waals surface area contributed by atoms with Crippen LogP contribution in [0.2, 0.25) is 0 Å². The molecule has 0 bridgehead atoms. The lowest BCUT2D eigenvalue weighted by molar-refractivity contribution is -0.385. The van der Waals surface area contributed by atoms with E-state index in [-0.39, 0.29) is 18.0 Å². The van der Waals surface area contributed by atoms with Crippen molar-refractivity contribution in [1.82, 2.24) is 5.32 Å². The minimum absolute atomic E-state index is 0.0637. The van der Waals surface area contributed by atoms with Crippen LogP contribution in [0, 0.1) is 22.5 Å². The molecule has 0 saturated heterocycles.